The summed E-state index contributed by atoms with van der Waals surface area (Å²) in [5.41, 5.74) is 9.71. The molecule has 0 saturated heterocycles. The largest absolute Gasteiger partial charge is 0.456 e. The molecule has 0 atom stereocenters. The minimum absolute atomic E-state index is 0.870. The molecule has 0 spiro atoms. The summed E-state index contributed by atoms with van der Waals surface area (Å²) in [6.07, 6.45) is 0. The Morgan fingerprint density at radius 2 is 0.860 bits per heavy atom. The summed E-state index contributed by atoms with van der Waals surface area (Å²) in [6, 6.07) is 67.6. The lowest BCUT2D eigenvalue weighted by Gasteiger charge is -2.27. The van der Waals surface area contributed by atoms with Gasteiger partial charge in [-0.15, -0.1) is 0 Å². The van der Waals surface area contributed by atoms with E-state index in [2.05, 4.69) is 181 Å². The van der Waals surface area contributed by atoms with Gasteiger partial charge in [-0.2, -0.15) is 0 Å². The van der Waals surface area contributed by atoms with E-state index >= 15 is 0 Å². The van der Waals surface area contributed by atoms with E-state index in [1.165, 1.54) is 54.6 Å². The van der Waals surface area contributed by atoms with Gasteiger partial charge in [0.1, 0.15) is 11.2 Å². The maximum atomic E-state index is 6.43. The predicted molar refractivity (Wildman–Crippen MR) is 212 cm³/mol. The van der Waals surface area contributed by atoms with Gasteiger partial charge in [0, 0.05) is 33.9 Å². The number of furan rings is 1. The van der Waals surface area contributed by atoms with Gasteiger partial charge in [-0.05, 0) is 97.0 Å². The van der Waals surface area contributed by atoms with Crippen molar-refractivity contribution in [1.29, 1.82) is 0 Å². The van der Waals surface area contributed by atoms with E-state index in [-0.39, 0.29) is 0 Å². The molecule has 0 unspecified atom stereocenters. The topological polar surface area (TPSA) is 16.4 Å². The van der Waals surface area contributed by atoms with Gasteiger partial charge in [-0.1, -0.05) is 140 Å². The van der Waals surface area contributed by atoms with Crippen LogP contribution < -0.4 is 4.90 Å². The Balaban J connectivity index is 1.25. The third kappa shape index (κ3) is 4.65. The Labute approximate surface area is 290 Å². The van der Waals surface area contributed by atoms with E-state index in [1.807, 2.05) is 12.1 Å². The van der Waals surface area contributed by atoms with Crippen LogP contribution in [0.2, 0.25) is 0 Å². The van der Waals surface area contributed by atoms with Gasteiger partial charge < -0.3 is 9.32 Å². The lowest BCUT2D eigenvalue weighted by atomic mass is 9.93. The Morgan fingerprint density at radius 1 is 0.320 bits per heavy atom. The first-order valence-electron chi connectivity index (χ1n) is 17.1. The fourth-order valence-electron chi connectivity index (χ4n) is 7.65. The van der Waals surface area contributed by atoms with Crippen LogP contribution in [-0.2, 0) is 0 Å². The van der Waals surface area contributed by atoms with Crippen LogP contribution in [0.1, 0.15) is 0 Å². The Hall–Kier alpha value is -6.64. The number of rotatable bonds is 5. The molecule has 0 N–H and O–H groups in total. The molecule has 2 nitrogen and oxygen atoms in total. The predicted octanol–water partition coefficient (Wildman–Crippen LogP) is 13.8. The zero-order valence-electron chi connectivity index (χ0n) is 27.3. The third-order valence-electron chi connectivity index (χ3n) is 10.0. The van der Waals surface area contributed by atoms with Crippen LogP contribution in [0, 0.1) is 0 Å². The van der Waals surface area contributed by atoms with Crippen molar-refractivity contribution in [3.05, 3.63) is 188 Å². The van der Waals surface area contributed by atoms with Crippen molar-refractivity contribution in [3.8, 4) is 22.3 Å². The monoisotopic (exact) mass is 637 g/mol. The van der Waals surface area contributed by atoms with Crippen LogP contribution in [0.3, 0.4) is 0 Å². The Morgan fingerprint density at radius 3 is 1.66 bits per heavy atom. The third-order valence-corrected chi connectivity index (χ3v) is 10.0. The van der Waals surface area contributed by atoms with Gasteiger partial charge in [0.15, 0.2) is 0 Å². The summed E-state index contributed by atoms with van der Waals surface area (Å²) in [5.74, 6) is 0. The van der Waals surface area contributed by atoms with E-state index in [9.17, 15) is 0 Å². The summed E-state index contributed by atoms with van der Waals surface area (Å²) in [7, 11) is 0. The first-order chi connectivity index (χ1) is 24.8. The Kier molecular flexibility index (Phi) is 6.53. The molecule has 0 saturated carbocycles. The standard InChI is InChI=1S/C48H31NO/c1-3-11-32(12-4-1)40-27-25-38(29-44(40)33-13-5-2-6-14-33)49(39-26-28-43-42-17-9-10-18-46(42)50-47(43)31-39)37-24-23-35-20-22-36-21-19-34-15-7-8-16-41(34)48(36)45(35)30-37/h1-31H. The number of para-hydroxylation sites is 1. The fourth-order valence-corrected chi connectivity index (χ4v) is 7.65. The van der Waals surface area contributed by atoms with E-state index < -0.39 is 0 Å². The molecule has 0 radical (unpaired) electrons. The second kappa shape index (κ2) is 11.5. The van der Waals surface area contributed by atoms with Gasteiger partial charge in [-0.3, -0.25) is 0 Å². The number of hydrogen-bond acceptors (Lipinski definition) is 2. The molecule has 0 aliphatic heterocycles. The molecule has 10 rings (SSSR count). The van der Waals surface area contributed by atoms with Crippen LogP contribution in [0.4, 0.5) is 17.1 Å². The summed E-state index contributed by atoms with van der Waals surface area (Å²) < 4.78 is 6.43. The van der Waals surface area contributed by atoms with Gasteiger partial charge in [-0.25, -0.2) is 0 Å². The lowest BCUT2D eigenvalue weighted by molar-refractivity contribution is 0.669. The molecule has 0 fully saturated rings. The number of benzene rings is 9. The first-order valence-corrected chi connectivity index (χ1v) is 17.1. The van der Waals surface area contributed by atoms with Gasteiger partial charge in [0.25, 0.3) is 0 Å². The molecule has 2 heteroatoms. The number of anilines is 3. The lowest BCUT2D eigenvalue weighted by Crippen LogP contribution is -2.10. The van der Waals surface area contributed by atoms with Crippen molar-refractivity contribution < 1.29 is 4.42 Å². The molecular weight excluding hydrogens is 607 g/mol. The number of hydrogen-bond donors (Lipinski definition) is 0. The highest BCUT2D eigenvalue weighted by atomic mass is 16.3. The highest BCUT2D eigenvalue weighted by Gasteiger charge is 2.19. The molecule has 0 bridgehead atoms. The average Bonchev–Trinajstić information content (AvgIpc) is 3.56. The smallest absolute Gasteiger partial charge is 0.137 e. The molecule has 1 aromatic heterocycles. The van der Waals surface area contributed by atoms with Crippen molar-refractivity contribution in [1.82, 2.24) is 0 Å². The second-order valence-corrected chi connectivity index (χ2v) is 12.9. The zero-order valence-corrected chi connectivity index (χ0v) is 27.3. The second-order valence-electron chi connectivity index (χ2n) is 12.9. The highest BCUT2D eigenvalue weighted by Crippen LogP contribution is 2.44. The van der Waals surface area contributed by atoms with Crippen LogP contribution in [0.25, 0.3) is 76.5 Å². The van der Waals surface area contributed by atoms with Crippen LogP contribution >= 0.6 is 0 Å². The van der Waals surface area contributed by atoms with Gasteiger partial charge in [0.05, 0.1) is 0 Å². The Bertz CT molecular complexity index is 2860. The minimum Gasteiger partial charge on any atom is -0.456 e. The first kappa shape index (κ1) is 28.4. The molecule has 0 aliphatic rings. The molecule has 50 heavy (non-hydrogen) atoms. The van der Waals surface area contributed by atoms with Gasteiger partial charge in [0.2, 0.25) is 0 Å². The summed E-state index contributed by atoms with van der Waals surface area (Å²) in [6.45, 7) is 0. The molecular formula is C48H31NO. The van der Waals surface area contributed by atoms with Gasteiger partial charge >= 0.3 is 0 Å². The highest BCUT2D eigenvalue weighted by molar-refractivity contribution is 6.21. The molecule has 10 aromatic rings. The van der Waals surface area contributed by atoms with Crippen LogP contribution in [-0.4, -0.2) is 0 Å². The quantitative estimate of drug-likeness (QED) is 0.175. The van der Waals surface area contributed by atoms with Crippen molar-refractivity contribution in [2.24, 2.45) is 0 Å². The van der Waals surface area contributed by atoms with E-state index in [4.69, 9.17) is 4.42 Å². The van der Waals surface area contributed by atoms with Crippen molar-refractivity contribution >= 4 is 71.3 Å². The normalized spacial score (nSPS) is 11.6. The summed E-state index contributed by atoms with van der Waals surface area (Å²) in [5, 5.41) is 9.72. The van der Waals surface area contributed by atoms with Crippen LogP contribution in [0.5, 0.6) is 0 Å². The average molecular weight is 638 g/mol. The fraction of sp³-hybridized carbons (Fsp3) is 0. The molecule has 0 aliphatic carbocycles. The molecule has 0 amide bonds. The van der Waals surface area contributed by atoms with Crippen molar-refractivity contribution in [2.45, 2.75) is 0 Å². The summed E-state index contributed by atoms with van der Waals surface area (Å²) in [4.78, 5) is 2.37. The maximum absolute atomic E-state index is 6.43. The minimum atomic E-state index is 0.870. The SMILES string of the molecule is c1ccc(-c2ccc(N(c3ccc4c(c3)oc3ccccc34)c3ccc4ccc5ccc6ccccc6c5c4c3)cc2-c2ccccc2)cc1. The van der Waals surface area contributed by atoms with E-state index in [1.54, 1.807) is 0 Å². The molecule has 234 valence electrons. The zero-order chi connectivity index (χ0) is 33.0. The molecule has 1 heterocycles. The summed E-state index contributed by atoms with van der Waals surface area (Å²) >= 11 is 0. The van der Waals surface area contributed by atoms with Crippen molar-refractivity contribution in [3.63, 3.8) is 0 Å². The van der Waals surface area contributed by atoms with Crippen molar-refractivity contribution in [2.75, 3.05) is 4.90 Å². The van der Waals surface area contributed by atoms with E-state index in [0.717, 1.165) is 39.0 Å². The maximum Gasteiger partial charge on any atom is 0.137 e. The molecule has 9 aromatic carbocycles. The number of nitrogens with zero attached hydrogens (tertiary/aromatic N) is 1. The van der Waals surface area contributed by atoms with E-state index in [0.29, 0.717) is 0 Å². The van der Waals surface area contributed by atoms with Crippen LogP contribution in [0.15, 0.2) is 192 Å². The number of fused-ring (bicyclic) bond motifs is 8.